The number of carboxylic acid groups (broad SMARTS) is 1. The van der Waals surface area contributed by atoms with Crippen molar-refractivity contribution in [2.24, 2.45) is 0 Å². The van der Waals surface area contributed by atoms with Crippen molar-refractivity contribution in [3.05, 3.63) is 143 Å². The number of rotatable bonds is 15. The molecule has 0 spiro atoms. The van der Waals surface area contributed by atoms with Crippen molar-refractivity contribution in [3.8, 4) is 0 Å². The minimum absolute atomic E-state index is 0.0901. The first-order valence-corrected chi connectivity index (χ1v) is 15.7. The molecule has 0 heterocycles. The first-order chi connectivity index (χ1) is 21.6. The third kappa shape index (κ3) is 7.09. The Morgan fingerprint density at radius 1 is 0.696 bits per heavy atom. The molecular weight excluding hydrogens is 627 g/mol. The lowest BCUT2D eigenvalue weighted by Gasteiger charge is -2.52. The van der Waals surface area contributed by atoms with Crippen LogP contribution in [-0.4, -0.2) is 38.7 Å². The molecule has 3 N–H and O–H groups in total. The zero-order valence-corrected chi connectivity index (χ0v) is 25.6. The normalized spacial score (nSPS) is 15.1. The van der Waals surface area contributed by atoms with Gasteiger partial charge in [-0.05, 0) is 22.3 Å². The molecule has 0 radical (unpaired) electrons. The van der Waals surface area contributed by atoms with E-state index in [2.05, 4.69) is 0 Å². The van der Waals surface area contributed by atoms with E-state index in [-0.39, 0.29) is 17.7 Å². The van der Waals surface area contributed by atoms with Crippen molar-refractivity contribution in [1.82, 2.24) is 0 Å². The molecule has 244 valence electrons. The number of aliphatic carboxylic acids is 1. The first kappa shape index (κ1) is 35.0. The van der Waals surface area contributed by atoms with Gasteiger partial charge in [0.15, 0.2) is 5.60 Å². The van der Waals surface area contributed by atoms with Crippen molar-refractivity contribution in [1.29, 1.82) is 0 Å². The summed E-state index contributed by atoms with van der Waals surface area (Å²) >= 11 is 0. The minimum Gasteiger partial charge on any atom is -0.477 e. The van der Waals surface area contributed by atoms with Gasteiger partial charge in [0.05, 0.1) is 25.2 Å². The molecule has 0 aliphatic rings. The number of hydrogen-bond donors (Lipinski definition) is 3. The summed E-state index contributed by atoms with van der Waals surface area (Å²) in [6.07, 6.45) is -0.739. The van der Waals surface area contributed by atoms with Crippen LogP contribution in [0.5, 0.6) is 0 Å². The highest BCUT2D eigenvalue weighted by molar-refractivity contribution is 7.53. The van der Waals surface area contributed by atoms with Gasteiger partial charge in [-0.15, -0.1) is 0 Å². The third-order valence-corrected chi connectivity index (χ3v) is 9.12. The van der Waals surface area contributed by atoms with E-state index in [1.807, 2.05) is 0 Å². The Balaban J connectivity index is 1.97. The van der Waals surface area contributed by atoms with Gasteiger partial charge in [-0.25, -0.2) is 4.79 Å². The largest absolute Gasteiger partial charge is 0.477 e. The fourth-order valence-corrected chi connectivity index (χ4v) is 6.24. The lowest BCUT2D eigenvalue weighted by Crippen LogP contribution is -2.65. The number of hydrogen-bond acceptors (Lipinski definition) is 4. The molecule has 7 nitrogen and oxygen atoms in total. The summed E-state index contributed by atoms with van der Waals surface area (Å²) in [6.45, 7) is 0.0491. The standard InChI is InChI=1S/C34H33F4O7P/c1-31(24-44-22-26-13-7-3-8-14-26,28-17-19-29(20-18-28)33(35,36)30(39)40)32(34(37,38)46(41,42)43,21-25-11-5-2-6-12-25)45-23-27-15-9-4-10-16-27/h2-20H,21-24H2,1H3,(H,39,40)(H2,41,42,43). The molecule has 0 aliphatic heterocycles. The van der Waals surface area contributed by atoms with E-state index in [4.69, 9.17) is 14.6 Å². The highest BCUT2D eigenvalue weighted by Gasteiger charge is 2.73. The van der Waals surface area contributed by atoms with E-state index in [0.717, 1.165) is 24.3 Å². The SMILES string of the molecule is CC(COCc1ccccc1)(c1ccc(C(F)(F)C(=O)O)cc1)C(Cc1ccccc1)(OCc1ccccc1)C(F)(F)P(=O)(O)O. The topological polar surface area (TPSA) is 113 Å². The van der Waals surface area contributed by atoms with Gasteiger partial charge in [0, 0.05) is 12.0 Å². The number of alkyl halides is 4. The molecule has 0 fully saturated rings. The van der Waals surface area contributed by atoms with Crippen molar-refractivity contribution < 1.29 is 51.3 Å². The molecule has 4 aromatic rings. The molecule has 46 heavy (non-hydrogen) atoms. The number of carbonyl (C=O) groups is 1. The monoisotopic (exact) mass is 660 g/mol. The Bertz CT molecular complexity index is 1630. The Morgan fingerprint density at radius 2 is 1.13 bits per heavy atom. The van der Waals surface area contributed by atoms with E-state index >= 15 is 8.78 Å². The summed E-state index contributed by atoms with van der Waals surface area (Å²) < 4.78 is 87.3. The summed E-state index contributed by atoms with van der Waals surface area (Å²) in [4.78, 5) is 31.7. The Kier molecular flexibility index (Phi) is 10.6. The summed E-state index contributed by atoms with van der Waals surface area (Å²) in [5, 5.41) is 9.04. The smallest absolute Gasteiger partial charge is 0.397 e. The van der Waals surface area contributed by atoms with Crippen LogP contribution in [0.15, 0.2) is 115 Å². The van der Waals surface area contributed by atoms with Gasteiger partial charge in [-0.2, -0.15) is 17.6 Å². The highest BCUT2D eigenvalue weighted by atomic mass is 31.2. The molecule has 12 heteroatoms. The predicted octanol–water partition coefficient (Wildman–Crippen LogP) is 7.31. The maximum atomic E-state index is 16.8. The van der Waals surface area contributed by atoms with Crippen molar-refractivity contribution in [2.75, 3.05) is 6.61 Å². The second-order valence-corrected chi connectivity index (χ2v) is 12.8. The molecule has 2 atom stereocenters. The van der Waals surface area contributed by atoms with Gasteiger partial charge < -0.3 is 24.4 Å². The molecule has 0 saturated carbocycles. The zero-order valence-electron chi connectivity index (χ0n) is 24.7. The van der Waals surface area contributed by atoms with Crippen LogP contribution < -0.4 is 0 Å². The van der Waals surface area contributed by atoms with Gasteiger partial charge in [0.1, 0.15) is 0 Å². The van der Waals surface area contributed by atoms with Gasteiger partial charge in [0.2, 0.25) is 0 Å². The average Bonchev–Trinajstić information content (AvgIpc) is 3.03. The van der Waals surface area contributed by atoms with Crippen LogP contribution in [0.2, 0.25) is 0 Å². The first-order valence-electron chi connectivity index (χ1n) is 14.1. The van der Waals surface area contributed by atoms with Crippen LogP contribution in [0.3, 0.4) is 0 Å². The van der Waals surface area contributed by atoms with Crippen molar-refractivity contribution in [2.45, 2.75) is 49.2 Å². The highest BCUT2D eigenvalue weighted by Crippen LogP contribution is 2.65. The Hall–Kier alpha value is -3.86. The van der Waals surface area contributed by atoms with Gasteiger partial charge >= 0.3 is 25.2 Å². The van der Waals surface area contributed by atoms with Gasteiger partial charge in [0.25, 0.3) is 0 Å². The van der Waals surface area contributed by atoms with Crippen LogP contribution in [0.25, 0.3) is 0 Å². The molecule has 0 amide bonds. The Morgan fingerprint density at radius 3 is 1.59 bits per heavy atom. The predicted molar refractivity (Wildman–Crippen MR) is 163 cm³/mol. The molecular formula is C34H33F4O7P. The van der Waals surface area contributed by atoms with E-state index in [1.54, 1.807) is 78.9 Å². The fourth-order valence-electron chi connectivity index (χ4n) is 5.38. The third-order valence-electron chi connectivity index (χ3n) is 8.02. The minimum atomic E-state index is -6.32. The van der Waals surface area contributed by atoms with Gasteiger partial charge in [-0.3, -0.25) is 4.57 Å². The molecule has 0 bridgehead atoms. The van der Waals surface area contributed by atoms with Crippen LogP contribution in [-0.2, 0) is 49.8 Å². The zero-order chi connectivity index (χ0) is 33.6. The molecule has 2 unspecified atom stereocenters. The summed E-state index contributed by atoms with van der Waals surface area (Å²) in [5.41, 5.74) is -9.80. The van der Waals surface area contributed by atoms with E-state index in [0.29, 0.717) is 11.1 Å². The molecule has 4 rings (SSSR count). The van der Waals surface area contributed by atoms with Crippen LogP contribution >= 0.6 is 7.60 Å². The summed E-state index contributed by atoms with van der Waals surface area (Å²) in [5.74, 6) is -6.70. The number of benzene rings is 4. The van der Waals surface area contributed by atoms with Crippen LogP contribution in [0, 0.1) is 0 Å². The van der Waals surface area contributed by atoms with Crippen molar-refractivity contribution in [3.63, 3.8) is 0 Å². The van der Waals surface area contributed by atoms with E-state index in [1.165, 1.54) is 19.1 Å². The van der Waals surface area contributed by atoms with Gasteiger partial charge in [-0.1, -0.05) is 122 Å². The van der Waals surface area contributed by atoms with Crippen LogP contribution in [0.1, 0.15) is 34.7 Å². The lowest BCUT2D eigenvalue weighted by atomic mass is 9.66. The van der Waals surface area contributed by atoms with E-state index in [9.17, 15) is 27.9 Å². The number of carboxylic acids is 1. The van der Waals surface area contributed by atoms with Crippen LogP contribution in [0.4, 0.5) is 17.6 Å². The Labute approximate surface area is 263 Å². The average molecular weight is 661 g/mol. The summed E-state index contributed by atoms with van der Waals surface area (Å²) in [6, 6.07) is 28.3. The number of ether oxygens (including phenoxy) is 2. The molecule has 0 saturated heterocycles. The molecule has 0 aromatic heterocycles. The molecule has 0 aliphatic carbocycles. The summed E-state index contributed by atoms with van der Waals surface area (Å²) in [7, 11) is -6.32. The number of halogens is 4. The second kappa shape index (κ2) is 13.9. The fraction of sp³-hybridized carbons (Fsp3) is 0.265. The maximum absolute atomic E-state index is 16.8. The lowest BCUT2D eigenvalue weighted by molar-refractivity contribution is -0.225. The second-order valence-electron chi connectivity index (χ2n) is 11.1. The quantitative estimate of drug-likeness (QED) is 0.0906. The van der Waals surface area contributed by atoms with Crippen molar-refractivity contribution >= 4 is 13.6 Å². The van der Waals surface area contributed by atoms with E-state index < -0.39 is 61.4 Å². The molecule has 4 aromatic carbocycles. The maximum Gasteiger partial charge on any atom is 0.397 e.